The second kappa shape index (κ2) is 11.0. The Balaban J connectivity index is 2.05. The lowest BCUT2D eigenvalue weighted by Gasteiger charge is -2.45. The van der Waals surface area contributed by atoms with Crippen molar-refractivity contribution in [1.29, 1.82) is 0 Å². The molecule has 0 saturated carbocycles. The fourth-order valence-corrected chi connectivity index (χ4v) is 5.02. The highest BCUT2D eigenvalue weighted by atomic mass is 32.2. The first-order chi connectivity index (χ1) is 16.1. The van der Waals surface area contributed by atoms with E-state index in [1.165, 1.54) is 7.11 Å². The van der Waals surface area contributed by atoms with Crippen LogP contribution in [-0.4, -0.2) is 64.3 Å². The summed E-state index contributed by atoms with van der Waals surface area (Å²) in [5.41, 5.74) is -0.764. The van der Waals surface area contributed by atoms with Crippen molar-refractivity contribution in [2.75, 3.05) is 47.4 Å². The summed E-state index contributed by atoms with van der Waals surface area (Å²) in [6.07, 6.45) is -2.69. The number of nitrogens with zero attached hydrogens (tertiary/aromatic N) is 1. The molecule has 0 aromatic heterocycles. The Morgan fingerprint density at radius 1 is 1.24 bits per heavy atom. The van der Waals surface area contributed by atoms with E-state index in [1.54, 1.807) is 13.4 Å². The maximum Gasteiger partial charge on any atom is 0.416 e. The molecular formula is C24H29F3N2O4S. The number of thioether (sulfide) groups is 1. The highest BCUT2D eigenvalue weighted by molar-refractivity contribution is 7.98. The van der Waals surface area contributed by atoms with Gasteiger partial charge in [0.05, 0.1) is 29.9 Å². The SMILES string of the molecule is COCO[C@@H]1CN(C)C[C@@](NC(=O)c2c(OC)cc(C(F)(F)F)cc2SC)(c2ccccc2)C1. The van der Waals surface area contributed by atoms with Gasteiger partial charge in [-0.25, -0.2) is 0 Å². The Labute approximate surface area is 201 Å². The number of likely N-dealkylation sites (tertiary alicyclic amines) is 1. The molecule has 6 nitrogen and oxygen atoms in total. The van der Waals surface area contributed by atoms with Crippen LogP contribution >= 0.6 is 11.8 Å². The third kappa shape index (κ3) is 5.86. The molecule has 1 aliphatic heterocycles. The van der Waals surface area contributed by atoms with Gasteiger partial charge in [0, 0.05) is 31.5 Å². The van der Waals surface area contributed by atoms with Gasteiger partial charge < -0.3 is 24.4 Å². The van der Waals surface area contributed by atoms with Crippen LogP contribution in [0, 0.1) is 0 Å². The van der Waals surface area contributed by atoms with E-state index in [2.05, 4.69) is 10.2 Å². The molecule has 34 heavy (non-hydrogen) atoms. The minimum Gasteiger partial charge on any atom is -0.496 e. The van der Waals surface area contributed by atoms with E-state index in [1.807, 2.05) is 37.4 Å². The number of alkyl halides is 3. The molecule has 1 aliphatic rings. The first-order valence-electron chi connectivity index (χ1n) is 10.6. The highest BCUT2D eigenvalue weighted by Gasteiger charge is 2.43. The first-order valence-corrected chi connectivity index (χ1v) is 11.9. The Morgan fingerprint density at radius 2 is 1.94 bits per heavy atom. The number of amides is 1. The predicted molar refractivity (Wildman–Crippen MR) is 124 cm³/mol. The van der Waals surface area contributed by atoms with Gasteiger partial charge in [-0.2, -0.15) is 13.2 Å². The minimum absolute atomic E-state index is 0.0703. The molecule has 1 saturated heterocycles. The molecule has 186 valence electrons. The van der Waals surface area contributed by atoms with Gasteiger partial charge in [-0.3, -0.25) is 4.79 Å². The number of methoxy groups -OCH3 is 2. The van der Waals surface area contributed by atoms with Gasteiger partial charge in [-0.1, -0.05) is 30.3 Å². The minimum atomic E-state index is -4.56. The molecule has 1 N–H and O–H groups in total. The summed E-state index contributed by atoms with van der Waals surface area (Å²) >= 11 is 1.06. The second-order valence-electron chi connectivity index (χ2n) is 8.25. The summed E-state index contributed by atoms with van der Waals surface area (Å²) in [6.45, 7) is 1.25. The predicted octanol–water partition coefficient (Wildman–Crippen LogP) is 4.39. The molecule has 0 spiro atoms. The maximum absolute atomic E-state index is 13.7. The molecule has 0 unspecified atom stereocenters. The second-order valence-corrected chi connectivity index (χ2v) is 9.10. The van der Waals surface area contributed by atoms with Gasteiger partial charge in [0.2, 0.25) is 0 Å². The van der Waals surface area contributed by atoms with E-state index in [0.717, 1.165) is 29.5 Å². The van der Waals surface area contributed by atoms with Crippen LogP contribution in [-0.2, 0) is 21.2 Å². The summed E-state index contributed by atoms with van der Waals surface area (Å²) in [7, 11) is 4.73. The molecular weight excluding hydrogens is 469 g/mol. The third-order valence-corrected chi connectivity index (χ3v) is 6.55. The Hall–Kier alpha value is -2.27. The highest BCUT2D eigenvalue weighted by Crippen LogP contribution is 2.39. The summed E-state index contributed by atoms with van der Waals surface area (Å²) in [4.78, 5) is 15.9. The molecule has 2 atom stereocenters. The van der Waals surface area contributed by atoms with Crippen molar-refractivity contribution in [3.8, 4) is 5.75 Å². The Kier molecular flexibility index (Phi) is 8.51. The lowest BCUT2D eigenvalue weighted by molar-refractivity contribution is -0.137. The summed E-state index contributed by atoms with van der Waals surface area (Å²) in [5, 5.41) is 3.13. The largest absolute Gasteiger partial charge is 0.496 e. The number of hydrogen-bond donors (Lipinski definition) is 1. The van der Waals surface area contributed by atoms with Gasteiger partial charge in [0.25, 0.3) is 5.91 Å². The quantitative estimate of drug-likeness (QED) is 0.431. The van der Waals surface area contributed by atoms with Gasteiger partial charge in [0.1, 0.15) is 12.5 Å². The molecule has 1 amide bonds. The van der Waals surface area contributed by atoms with Crippen molar-refractivity contribution in [3.05, 3.63) is 59.2 Å². The molecule has 2 aromatic rings. The monoisotopic (exact) mass is 498 g/mol. The van der Waals surface area contributed by atoms with Crippen molar-refractivity contribution in [2.45, 2.75) is 29.1 Å². The van der Waals surface area contributed by atoms with E-state index in [-0.39, 0.29) is 29.1 Å². The average molecular weight is 499 g/mol. The number of piperidine rings is 1. The van der Waals surface area contributed by atoms with Crippen LogP contribution in [0.4, 0.5) is 13.2 Å². The van der Waals surface area contributed by atoms with Crippen molar-refractivity contribution >= 4 is 17.7 Å². The van der Waals surface area contributed by atoms with E-state index >= 15 is 0 Å². The van der Waals surface area contributed by atoms with Crippen LogP contribution in [0.3, 0.4) is 0 Å². The zero-order valence-corrected chi connectivity index (χ0v) is 20.4. The summed E-state index contributed by atoms with van der Waals surface area (Å²) in [6, 6.07) is 11.3. The molecule has 1 heterocycles. The van der Waals surface area contributed by atoms with Gasteiger partial charge in [0.15, 0.2) is 0 Å². The van der Waals surface area contributed by atoms with Gasteiger partial charge in [-0.15, -0.1) is 11.8 Å². The summed E-state index contributed by atoms with van der Waals surface area (Å²) in [5.74, 6) is -0.643. The molecule has 10 heteroatoms. The maximum atomic E-state index is 13.7. The lowest BCUT2D eigenvalue weighted by atomic mass is 9.80. The van der Waals surface area contributed by atoms with E-state index in [0.29, 0.717) is 19.5 Å². The number of ether oxygens (including phenoxy) is 3. The topological polar surface area (TPSA) is 60.0 Å². The molecule has 3 rings (SSSR count). The fraction of sp³-hybridized carbons (Fsp3) is 0.458. The summed E-state index contributed by atoms with van der Waals surface area (Å²) < 4.78 is 56.4. The fourth-order valence-electron chi connectivity index (χ4n) is 4.37. The molecule has 0 bridgehead atoms. The zero-order valence-electron chi connectivity index (χ0n) is 19.6. The number of halogens is 3. The van der Waals surface area contributed by atoms with Gasteiger partial charge in [-0.05, 0) is 31.0 Å². The van der Waals surface area contributed by atoms with Crippen LogP contribution in [0.15, 0.2) is 47.4 Å². The van der Waals surface area contributed by atoms with Crippen LogP contribution in [0.2, 0.25) is 0 Å². The van der Waals surface area contributed by atoms with Crippen LogP contribution in [0.25, 0.3) is 0 Å². The van der Waals surface area contributed by atoms with Crippen molar-refractivity contribution in [3.63, 3.8) is 0 Å². The van der Waals surface area contributed by atoms with Crippen LogP contribution in [0.5, 0.6) is 5.75 Å². The number of likely N-dealkylation sites (N-methyl/N-ethyl adjacent to an activating group) is 1. The Bertz CT molecular complexity index is 965. The number of hydrogen-bond acceptors (Lipinski definition) is 6. The molecule has 0 aliphatic carbocycles. The smallest absolute Gasteiger partial charge is 0.416 e. The van der Waals surface area contributed by atoms with Crippen molar-refractivity contribution < 1.29 is 32.2 Å². The van der Waals surface area contributed by atoms with E-state index < -0.39 is 23.2 Å². The molecule has 2 aromatic carbocycles. The van der Waals surface area contributed by atoms with Crippen LogP contribution < -0.4 is 10.1 Å². The lowest BCUT2D eigenvalue weighted by Crippen LogP contribution is -2.59. The number of benzene rings is 2. The zero-order chi connectivity index (χ0) is 24.9. The molecule has 0 radical (unpaired) electrons. The average Bonchev–Trinajstić information content (AvgIpc) is 2.81. The number of nitrogens with one attached hydrogen (secondary N) is 1. The standard InChI is InChI=1S/C24H29F3N2O4S/c1-29-13-18(33-15-31-2)12-23(14-29,16-8-6-5-7-9-16)28-22(30)21-19(32-3)10-17(24(25,26)27)11-20(21)34-4/h5-11,18H,12-15H2,1-4H3,(H,28,30)/t18-,23+/m0/s1. The van der Waals surface area contributed by atoms with Crippen molar-refractivity contribution in [2.24, 2.45) is 0 Å². The third-order valence-electron chi connectivity index (χ3n) is 5.79. The Morgan fingerprint density at radius 3 is 2.53 bits per heavy atom. The van der Waals surface area contributed by atoms with Crippen molar-refractivity contribution in [1.82, 2.24) is 10.2 Å². The van der Waals surface area contributed by atoms with E-state index in [4.69, 9.17) is 14.2 Å². The number of carbonyl (C=O) groups excluding carboxylic acids is 1. The first kappa shape index (κ1) is 26.3. The normalized spacial score (nSPS) is 21.3. The number of rotatable bonds is 8. The van der Waals surface area contributed by atoms with Crippen LogP contribution in [0.1, 0.15) is 27.9 Å². The van der Waals surface area contributed by atoms with Gasteiger partial charge >= 0.3 is 6.18 Å². The number of carbonyl (C=O) groups is 1. The molecule has 1 fully saturated rings. The van der Waals surface area contributed by atoms with E-state index in [9.17, 15) is 18.0 Å².